The number of ether oxygens (including phenoxy) is 1. The van der Waals surface area contributed by atoms with Crippen LogP contribution in [0.5, 0.6) is 0 Å². The fourth-order valence-electron chi connectivity index (χ4n) is 1.71. The number of carbonyl (C=O) groups excluding carboxylic acids is 1. The van der Waals surface area contributed by atoms with Gasteiger partial charge in [-0.1, -0.05) is 0 Å². The molecular formula is C12H20N4O4. The van der Waals surface area contributed by atoms with E-state index in [1.54, 1.807) is 13.8 Å². The van der Waals surface area contributed by atoms with Crippen LogP contribution >= 0.6 is 0 Å². The van der Waals surface area contributed by atoms with Gasteiger partial charge in [-0.15, -0.1) is 0 Å². The van der Waals surface area contributed by atoms with Crippen molar-refractivity contribution in [3.8, 4) is 0 Å². The first-order valence-electron chi connectivity index (χ1n) is 6.12. The van der Waals surface area contributed by atoms with Crippen molar-refractivity contribution in [2.75, 3.05) is 13.7 Å². The molecule has 1 heterocycles. The van der Waals surface area contributed by atoms with Gasteiger partial charge in [-0.25, -0.2) is 14.6 Å². The van der Waals surface area contributed by atoms with E-state index in [1.807, 2.05) is 0 Å². The van der Waals surface area contributed by atoms with E-state index in [0.29, 0.717) is 12.3 Å². The van der Waals surface area contributed by atoms with Crippen LogP contribution in [0.4, 0.5) is 4.79 Å². The Morgan fingerprint density at radius 2 is 2.25 bits per heavy atom. The Morgan fingerprint density at radius 3 is 2.75 bits per heavy atom. The Balaban J connectivity index is 2.57. The Kier molecular flexibility index (Phi) is 5.51. The zero-order chi connectivity index (χ0) is 15.2. The monoisotopic (exact) mass is 284 g/mol. The van der Waals surface area contributed by atoms with Crippen molar-refractivity contribution < 1.29 is 19.4 Å². The van der Waals surface area contributed by atoms with E-state index in [-0.39, 0.29) is 6.42 Å². The van der Waals surface area contributed by atoms with Gasteiger partial charge >= 0.3 is 12.0 Å². The van der Waals surface area contributed by atoms with Crippen molar-refractivity contribution in [2.24, 2.45) is 0 Å². The summed E-state index contributed by atoms with van der Waals surface area (Å²) in [4.78, 5) is 29.6. The van der Waals surface area contributed by atoms with Gasteiger partial charge in [0.1, 0.15) is 6.04 Å². The summed E-state index contributed by atoms with van der Waals surface area (Å²) in [5.41, 5.74) is 0.0458. The smallest absolute Gasteiger partial charge is 0.326 e. The lowest BCUT2D eigenvalue weighted by Crippen LogP contribution is -2.54. The van der Waals surface area contributed by atoms with Crippen LogP contribution in [0.25, 0.3) is 0 Å². The zero-order valence-electron chi connectivity index (χ0n) is 11.8. The number of amides is 2. The first-order chi connectivity index (χ1) is 9.34. The lowest BCUT2D eigenvalue weighted by atomic mass is 10.1. The van der Waals surface area contributed by atoms with Crippen LogP contribution in [0.2, 0.25) is 0 Å². The molecule has 0 aliphatic heterocycles. The van der Waals surface area contributed by atoms with E-state index in [9.17, 15) is 9.59 Å². The summed E-state index contributed by atoms with van der Waals surface area (Å²) in [7, 11) is 1.53. The molecule has 0 radical (unpaired) electrons. The molecule has 0 spiro atoms. The molecule has 20 heavy (non-hydrogen) atoms. The highest BCUT2D eigenvalue weighted by Gasteiger charge is 2.25. The first-order valence-corrected chi connectivity index (χ1v) is 6.12. The second kappa shape index (κ2) is 6.90. The molecule has 0 fully saturated rings. The van der Waals surface area contributed by atoms with Crippen molar-refractivity contribution in [2.45, 2.75) is 31.8 Å². The van der Waals surface area contributed by atoms with Gasteiger partial charge in [-0.3, -0.25) is 0 Å². The van der Waals surface area contributed by atoms with Crippen LogP contribution in [0.15, 0.2) is 12.5 Å². The number of carbonyl (C=O) groups is 2. The lowest BCUT2D eigenvalue weighted by Gasteiger charge is -2.26. The summed E-state index contributed by atoms with van der Waals surface area (Å²) >= 11 is 0. The normalized spacial score (nSPS) is 12.8. The zero-order valence-corrected chi connectivity index (χ0v) is 11.8. The molecule has 8 nitrogen and oxygen atoms in total. The molecule has 0 aliphatic carbocycles. The molecule has 0 aromatic carbocycles. The molecule has 4 N–H and O–H groups in total. The van der Waals surface area contributed by atoms with Gasteiger partial charge < -0.3 is 25.5 Å². The fourth-order valence-corrected chi connectivity index (χ4v) is 1.71. The minimum absolute atomic E-state index is 0.132. The topological polar surface area (TPSA) is 116 Å². The van der Waals surface area contributed by atoms with E-state index >= 15 is 0 Å². The summed E-state index contributed by atoms with van der Waals surface area (Å²) in [6, 6.07) is -1.59. The minimum atomic E-state index is -1.11. The van der Waals surface area contributed by atoms with E-state index in [1.165, 1.54) is 19.6 Å². The first kappa shape index (κ1) is 16.0. The molecule has 2 amide bonds. The third-order valence-electron chi connectivity index (χ3n) is 2.54. The predicted octanol–water partition coefficient (Wildman–Crippen LogP) is 0.130. The highest BCUT2D eigenvalue weighted by Crippen LogP contribution is 2.03. The molecule has 0 saturated carbocycles. The number of nitrogens with one attached hydrogen (secondary N) is 3. The van der Waals surface area contributed by atoms with E-state index in [0.717, 1.165) is 0 Å². The molecule has 0 saturated heterocycles. The summed E-state index contributed by atoms with van der Waals surface area (Å²) in [5, 5.41) is 14.2. The second-order valence-corrected chi connectivity index (χ2v) is 5.09. The highest BCUT2D eigenvalue weighted by atomic mass is 16.5. The van der Waals surface area contributed by atoms with Gasteiger partial charge in [0.05, 0.1) is 18.5 Å². The van der Waals surface area contributed by atoms with Gasteiger partial charge in [0.2, 0.25) is 0 Å². The maximum absolute atomic E-state index is 11.8. The van der Waals surface area contributed by atoms with Crippen LogP contribution in [0.3, 0.4) is 0 Å². The maximum Gasteiger partial charge on any atom is 0.326 e. The van der Waals surface area contributed by atoms with Crippen LogP contribution in [0.1, 0.15) is 19.5 Å². The molecule has 1 atom stereocenters. The number of hydrogen-bond acceptors (Lipinski definition) is 4. The van der Waals surface area contributed by atoms with Crippen LogP contribution < -0.4 is 10.6 Å². The molecule has 0 unspecified atom stereocenters. The fraction of sp³-hybridized carbons (Fsp3) is 0.583. The molecule has 1 aromatic heterocycles. The van der Waals surface area contributed by atoms with Gasteiger partial charge in [-0.05, 0) is 13.8 Å². The molecule has 112 valence electrons. The number of imidazole rings is 1. The standard InChI is InChI=1S/C12H20N4O4/c1-12(2,6-20-3)16-11(19)15-9(10(17)18)4-8-5-13-7-14-8/h5,7,9H,4,6H2,1-3H3,(H,13,14)(H,17,18)(H2,15,16,19)/t9-/m1/s1. The van der Waals surface area contributed by atoms with Crippen molar-refractivity contribution in [1.29, 1.82) is 0 Å². The van der Waals surface area contributed by atoms with Crippen LogP contribution in [0, 0.1) is 0 Å². The van der Waals surface area contributed by atoms with E-state index < -0.39 is 23.6 Å². The molecule has 0 aliphatic rings. The van der Waals surface area contributed by atoms with Crippen molar-refractivity contribution in [3.63, 3.8) is 0 Å². The maximum atomic E-state index is 11.8. The molecule has 8 heteroatoms. The number of rotatable bonds is 7. The predicted molar refractivity (Wildman–Crippen MR) is 71.3 cm³/mol. The third kappa shape index (κ3) is 5.27. The number of hydrogen-bond donors (Lipinski definition) is 4. The number of methoxy groups -OCH3 is 1. The SMILES string of the molecule is COCC(C)(C)NC(=O)N[C@H](Cc1cnc[nH]1)C(=O)O. The number of carboxylic acid groups (broad SMARTS) is 1. The number of aromatic nitrogens is 2. The number of urea groups is 1. The second-order valence-electron chi connectivity index (χ2n) is 5.09. The number of H-pyrrole nitrogens is 1. The van der Waals surface area contributed by atoms with Crippen molar-refractivity contribution in [1.82, 2.24) is 20.6 Å². The number of carboxylic acids is 1. The Hall–Kier alpha value is -2.09. The Labute approximate surface area is 116 Å². The summed E-state index contributed by atoms with van der Waals surface area (Å²) < 4.78 is 4.97. The van der Waals surface area contributed by atoms with Gasteiger partial charge in [0, 0.05) is 25.4 Å². The highest BCUT2D eigenvalue weighted by molar-refractivity contribution is 5.83. The van der Waals surface area contributed by atoms with Crippen molar-refractivity contribution >= 4 is 12.0 Å². The van der Waals surface area contributed by atoms with Gasteiger partial charge in [0.15, 0.2) is 0 Å². The van der Waals surface area contributed by atoms with Gasteiger partial charge in [0.25, 0.3) is 0 Å². The summed E-state index contributed by atoms with van der Waals surface area (Å²) in [5.74, 6) is -1.11. The average molecular weight is 284 g/mol. The summed E-state index contributed by atoms with van der Waals surface area (Å²) in [6.07, 6.45) is 3.11. The van der Waals surface area contributed by atoms with E-state index in [2.05, 4.69) is 20.6 Å². The van der Waals surface area contributed by atoms with Gasteiger partial charge in [-0.2, -0.15) is 0 Å². The largest absolute Gasteiger partial charge is 0.480 e. The summed E-state index contributed by atoms with van der Waals surface area (Å²) in [6.45, 7) is 3.88. The Morgan fingerprint density at radius 1 is 1.55 bits per heavy atom. The average Bonchev–Trinajstić information content (AvgIpc) is 2.79. The number of aromatic amines is 1. The minimum Gasteiger partial charge on any atom is -0.480 e. The molecule has 1 rings (SSSR count). The number of aliphatic carboxylic acids is 1. The third-order valence-corrected chi connectivity index (χ3v) is 2.54. The molecule has 1 aromatic rings. The number of nitrogens with zero attached hydrogens (tertiary/aromatic N) is 1. The van der Waals surface area contributed by atoms with Crippen LogP contribution in [-0.4, -0.2) is 52.4 Å². The lowest BCUT2D eigenvalue weighted by molar-refractivity contribution is -0.139. The van der Waals surface area contributed by atoms with Crippen molar-refractivity contribution in [3.05, 3.63) is 18.2 Å². The van der Waals surface area contributed by atoms with Crippen LogP contribution in [-0.2, 0) is 16.0 Å². The quantitative estimate of drug-likeness (QED) is 0.568. The molecular weight excluding hydrogens is 264 g/mol. The Bertz CT molecular complexity index is 444. The van der Waals surface area contributed by atoms with E-state index in [4.69, 9.17) is 9.84 Å². The molecule has 0 bridgehead atoms.